The summed E-state index contributed by atoms with van der Waals surface area (Å²) in [5, 5.41) is 11.8. The van der Waals surface area contributed by atoms with Gasteiger partial charge in [-0.2, -0.15) is 10.2 Å². The second-order valence-corrected chi connectivity index (χ2v) is 9.04. The lowest BCUT2D eigenvalue weighted by Gasteiger charge is -2.31. The molecule has 4 rings (SSSR count). The Balaban J connectivity index is 1.32. The molecule has 34 heavy (non-hydrogen) atoms. The van der Waals surface area contributed by atoms with Gasteiger partial charge in [0.05, 0.1) is 24.0 Å². The van der Waals surface area contributed by atoms with E-state index in [2.05, 4.69) is 46.7 Å². The Labute approximate surface area is 200 Å². The fraction of sp³-hybridized carbons (Fsp3) is 0.385. The molecule has 0 atom stereocenters. The molecule has 178 valence electrons. The molecule has 0 bridgehead atoms. The second-order valence-electron chi connectivity index (χ2n) is 9.04. The van der Waals surface area contributed by atoms with Crippen LogP contribution in [0.3, 0.4) is 0 Å². The molecule has 0 unspecified atom stereocenters. The molecule has 1 fully saturated rings. The van der Waals surface area contributed by atoms with E-state index in [0.29, 0.717) is 25.2 Å². The molecule has 0 radical (unpaired) electrons. The van der Waals surface area contributed by atoms with Crippen LogP contribution in [0.5, 0.6) is 0 Å². The third kappa shape index (κ3) is 5.44. The maximum absolute atomic E-state index is 12.8. The van der Waals surface area contributed by atoms with Crippen LogP contribution in [0.2, 0.25) is 0 Å². The zero-order valence-electron chi connectivity index (χ0n) is 20.3. The Morgan fingerprint density at radius 1 is 1.12 bits per heavy atom. The molecule has 0 aliphatic carbocycles. The number of hydrogen-bond donors (Lipinski definition) is 1. The molecule has 8 nitrogen and oxygen atoms in total. The van der Waals surface area contributed by atoms with Gasteiger partial charge in [-0.1, -0.05) is 29.8 Å². The molecule has 2 amide bonds. The standard InChI is InChI=1S/C26H32N6O2/c1-18-5-7-21(8-6-18)16-32-20(3)24(19(2)29-32)9-10-25(33)31-13-11-23(12-14-31)28-26(34)22-15-27-30(4)17-22/h5-10,15,17,23H,11-14,16H2,1-4H3,(H,28,34)/b10-9+. The van der Waals surface area contributed by atoms with Crippen molar-refractivity contribution in [1.29, 1.82) is 0 Å². The van der Waals surface area contributed by atoms with Gasteiger partial charge in [0.2, 0.25) is 5.91 Å². The SMILES string of the molecule is Cc1ccc(Cn2nc(C)c(/C=C/C(=O)N3CCC(NC(=O)c4cnn(C)c4)CC3)c2C)cc1. The summed E-state index contributed by atoms with van der Waals surface area (Å²) in [4.78, 5) is 27.0. The average molecular weight is 461 g/mol. The van der Waals surface area contributed by atoms with E-state index in [9.17, 15) is 9.59 Å². The molecule has 1 aliphatic rings. The maximum atomic E-state index is 12.8. The second kappa shape index (κ2) is 10.1. The third-order valence-corrected chi connectivity index (χ3v) is 6.39. The Morgan fingerprint density at radius 3 is 2.47 bits per heavy atom. The lowest BCUT2D eigenvalue weighted by atomic mass is 10.0. The number of rotatable bonds is 6. The Morgan fingerprint density at radius 2 is 1.82 bits per heavy atom. The highest BCUT2D eigenvalue weighted by Crippen LogP contribution is 2.18. The highest BCUT2D eigenvalue weighted by molar-refractivity contribution is 5.94. The Bertz CT molecular complexity index is 1200. The normalized spacial score (nSPS) is 14.6. The summed E-state index contributed by atoms with van der Waals surface area (Å²) < 4.78 is 3.60. The number of carbonyl (C=O) groups is 2. The van der Waals surface area contributed by atoms with Crippen LogP contribution >= 0.6 is 0 Å². The first-order valence-corrected chi connectivity index (χ1v) is 11.7. The van der Waals surface area contributed by atoms with E-state index in [1.807, 2.05) is 29.5 Å². The van der Waals surface area contributed by atoms with Crippen LogP contribution in [0.4, 0.5) is 0 Å². The highest BCUT2D eigenvalue weighted by Gasteiger charge is 2.23. The van der Waals surface area contributed by atoms with Crippen LogP contribution in [-0.2, 0) is 18.4 Å². The van der Waals surface area contributed by atoms with E-state index in [-0.39, 0.29) is 17.9 Å². The number of likely N-dealkylation sites (tertiary alicyclic amines) is 1. The lowest BCUT2D eigenvalue weighted by Crippen LogP contribution is -2.46. The van der Waals surface area contributed by atoms with E-state index in [4.69, 9.17) is 0 Å². The molecule has 2 aromatic heterocycles. The molecule has 3 aromatic rings. The quantitative estimate of drug-likeness (QED) is 0.573. The van der Waals surface area contributed by atoms with Gasteiger partial charge in [0, 0.05) is 49.7 Å². The molecule has 3 heterocycles. The number of nitrogens with zero attached hydrogens (tertiary/aromatic N) is 5. The smallest absolute Gasteiger partial charge is 0.254 e. The third-order valence-electron chi connectivity index (χ3n) is 6.39. The number of amides is 2. The zero-order valence-corrected chi connectivity index (χ0v) is 20.3. The van der Waals surface area contributed by atoms with Crippen LogP contribution in [0.1, 0.15) is 51.3 Å². The number of carbonyl (C=O) groups excluding carboxylic acids is 2. The van der Waals surface area contributed by atoms with Crippen LogP contribution in [0.15, 0.2) is 42.7 Å². The molecule has 1 aromatic carbocycles. The average Bonchev–Trinajstić information content (AvgIpc) is 3.37. The summed E-state index contributed by atoms with van der Waals surface area (Å²) in [6.07, 6.45) is 8.25. The summed E-state index contributed by atoms with van der Waals surface area (Å²) >= 11 is 0. The minimum atomic E-state index is -0.119. The number of hydrogen-bond acceptors (Lipinski definition) is 4. The van der Waals surface area contributed by atoms with Crippen LogP contribution in [0.25, 0.3) is 6.08 Å². The van der Waals surface area contributed by atoms with Crippen molar-refractivity contribution in [2.24, 2.45) is 7.05 Å². The molecule has 0 saturated carbocycles. The van der Waals surface area contributed by atoms with Crippen LogP contribution in [0, 0.1) is 20.8 Å². The number of aromatic nitrogens is 4. The summed E-state index contributed by atoms with van der Waals surface area (Å²) in [5.74, 6) is -0.131. The molecule has 1 N–H and O–H groups in total. The van der Waals surface area contributed by atoms with Crippen molar-refractivity contribution in [2.75, 3.05) is 13.1 Å². The van der Waals surface area contributed by atoms with Gasteiger partial charge < -0.3 is 10.2 Å². The van der Waals surface area contributed by atoms with E-state index in [1.165, 1.54) is 11.1 Å². The highest BCUT2D eigenvalue weighted by atomic mass is 16.2. The number of nitrogens with one attached hydrogen (secondary N) is 1. The lowest BCUT2D eigenvalue weighted by molar-refractivity contribution is -0.126. The summed E-state index contributed by atoms with van der Waals surface area (Å²) in [5.41, 5.74) is 5.92. The summed E-state index contributed by atoms with van der Waals surface area (Å²) in [6.45, 7) is 8.02. The fourth-order valence-corrected chi connectivity index (χ4v) is 4.28. The van der Waals surface area contributed by atoms with Gasteiger partial charge in [-0.05, 0) is 45.3 Å². The van der Waals surface area contributed by atoms with Gasteiger partial charge in [-0.3, -0.25) is 19.0 Å². The van der Waals surface area contributed by atoms with E-state index in [0.717, 1.165) is 29.8 Å². The van der Waals surface area contributed by atoms with Crippen LogP contribution < -0.4 is 5.32 Å². The molecular weight excluding hydrogens is 428 g/mol. The van der Waals surface area contributed by atoms with Gasteiger partial charge >= 0.3 is 0 Å². The van der Waals surface area contributed by atoms with Gasteiger partial charge in [-0.15, -0.1) is 0 Å². The molecule has 0 spiro atoms. The van der Waals surface area contributed by atoms with Gasteiger partial charge in [0.1, 0.15) is 0 Å². The minimum absolute atomic E-state index is 0.0119. The van der Waals surface area contributed by atoms with E-state index < -0.39 is 0 Å². The summed E-state index contributed by atoms with van der Waals surface area (Å²) in [7, 11) is 1.78. The predicted molar refractivity (Wildman–Crippen MR) is 131 cm³/mol. The van der Waals surface area contributed by atoms with Crippen molar-refractivity contribution < 1.29 is 9.59 Å². The molecule has 1 aliphatic heterocycles. The van der Waals surface area contributed by atoms with E-state index >= 15 is 0 Å². The predicted octanol–water partition coefficient (Wildman–Crippen LogP) is 3.02. The minimum Gasteiger partial charge on any atom is -0.349 e. The molecule has 1 saturated heterocycles. The molecular formula is C26H32N6O2. The molecule has 8 heteroatoms. The van der Waals surface area contributed by atoms with Gasteiger partial charge in [-0.25, -0.2) is 0 Å². The Hall–Kier alpha value is -3.68. The van der Waals surface area contributed by atoms with Crippen molar-refractivity contribution in [3.63, 3.8) is 0 Å². The first kappa shape index (κ1) is 23.5. The van der Waals surface area contributed by atoms with Crippen molar-refractivity contribution in [3.8, 4) is 0 Å². The first-order chi connectivity index (χ1) is 16.3. The number of aryl methyl sites for hydroxylation is 3. The van der Waals surface area contributed by atoms with Gasteiger partial charge in [0.25, 0.3) is 5.91 Å². The largest absolute Gasteiger partial charge is 0.349 e. The van der Waals surface area contributed by atoms with Crippen molar-refractivity contribution >= 4 is 17.9 Å². The van der Waals surface area contributed by atoms with Crippen LogP contribution in [-0.4, -0.2) is 55.4 Å². The van der Waals surface area contributed by atoms with Crippen molar-refractivity contribution in [1.82, 2.24) is 29.8 Å². The monoisotopic (exact) mass is 460 g/mol. The van der Waals surface area contributed by atoms with Crippen molar-refractivity contribution in [2.45, 2.75) is 46.2 Å². The topological polar surface area (TPSA) is 85.1 Å². The zero-order chi connectivity index (χ0) is 24.2. The fourth-order valence-electron chi connectivity index (χ4n) is 4.28. The summed E-state index contributed by atoms with van der Waals surface area (Å²) in [6, 6.07) is 8.51. The number of piperidine rings is 1. The number of benzene rings is 1. The maximum Gasteiger partial charge on any atom is 0.254 e. The first-order valence-electron chi connectivity index (χ1n) is 11.7. The van der Waals surface area contributed by atoms with Gasteiger partial charge in [0.15, 0.2) is 0 Å². The Kier molecular flexibility index (Phi) is 6.95. The van der Waals surface area contributed by atoms with Crippen molar-refractivity contribution in [3.05, 3.63) is 76.4 Å². The van der Waals surface area contributed by atoms with E-state index in [1.54, 1.807) is 30.2 Å².